The number of rotatable bonds is 2. The van der Waals surface area contributed by atoms with Gasteiger partial charge in [0.25, 0.3) is 16.0 Å². The van der Waals surface area contributed by atoms with Gasteiger partial charge in [-0.1, -0.05) is 13.5 Å². The van der Waals surface area contributed by atoms with Gasteiger partial charge in [0, 0.05) is 0 Å². The van der Waals surface area contributed by atoms with Crippen molar-refractivity contribution < 1.29 is 47.3 Å². The van der Waals surface area contributed by atoms with Gasteiger partial charge in [-0.3, -0.25) is 9.35 Å². The SMILES string of the molecule is C=C1NC1=O.CCCS(=O)(=O)O.[CH3-].[Na+]. The Balaban J connectivity index is -0.000000155. The largest absolute Gasteiger partial charge is 1.00 e. The van der Waals surface area contributed by atoms with Crippen LogP contribution in [0, 0.1) is 7.43 Å². The normalized spacial score (nSPS) is 12.4. The van der Waals surface area contributed by atoms with Crippen molar-refractivity contribution in [2.45, 2.75) is 13.3 Å². The first-order chi connectivity index (χ1) is 5.37. The maximum atomic E-state index is 9.79. The molecule has 1 fully saturated rings. The molecular formula is C7H14NNaO4S. The summed E-state index contributed by atoms with van der Waals surface area (Å²) in [6, 6.07) is 0. The molecule has 1 heterocycles. The molecule has 1 saturated heterocycles. The fourth-order valence-electron chi connectivity index (χ4n) is 0.364. The second-order valence-corrected chi connectivity index (χ2v) is 3.79. The van der Waals surface area contributed by atoms with Crippen LogP contribution in [0.3, 0.4) is 0 Å². The second kappa shape index (κ2) is 8.43. The standard InChI is InChI=1S/C3H3NO.C3H8O3S.CH3.Na/c1-2-3(5)4-2;1-2-3-7(4,5)6;;/h1H2,(H,4,5);2-3H2,1H3,(H,4,5,6);1H3;/q;;-1;+1. The van der Waals surface area contributed by atoms with Crippen LogP contribution in [0.15, 0.2) is 12.3 Å². The molecule has 0 aromatic rings. The minimum atomic E-state index is -3.67. The summed E-state index contributed by atoms with van der Waals surface area (Å²) in [5.41, 5.74) is 0.532. The number of carbonyl (C=O) groups excluding carboxylic acids is 1. The van der Waals surface area contributed by atoms with E-state index in [1.165, 1.54) is 0 Å². The number of nitrogens with one attached hydrogen (secondary N) is 1. The Morgan fingerprint density at radius 1 is 1.50 bits per heavy atom. The monoisotopic (exact) mass is 231 g/mol. The van der Waals surface area contributed by atoms with Gasteiger partial charge in [-0.15, -0.1) is 0 Å². The molecule has 0 aliphatic carbocycles. The zero-order valence-electron chi connectivity index (χ0n) is 8.70. The summed E-state index contributed by atoms with van der Waals surface area (Å²) >= 11 is 0. The average Bonchev–Trinajstić information content (AvgIpc) is 2.43. The Morgan fingerprint density at radius 2 is 1.79 bits per heavy atom. The summed E-state index contributed by atoms with van der Waals surface area (Å²) in [4.78, 5) is 9.68. The van der Waals surface area contributed by atoms with E-state index in [9.17, 15) is 13.2 Å². The van der Waals surface area contributed by atoms with Crippen molar-refractivity contribution >= 4 is 16.0 Å². The molecule has 0 spiro atoms. The van der Waals surface area contributed by atoms with E-state index in [1.807, 2.05) is 0 Å². The van der Waals surface area contributed by atoms with E-state index in [-0.39, 0.29) is 48.6 Å². The van der Waals surface area contributed by atoms with Gasteiger partial charge in [0.2, 0.25) is 0 Å². The van der Waals surface area contributed by atoms with Crippen LogP contribution in [-0.4, -0.2) is 24.6 Å². The average molecular weight is 231 g/mol. The minimum absolute atomic E-state index is 0. The predicted octanol–water partition coefficient (Wildman–Crippen LogP) is -2.63. The number of amides is 1. The maximum Gasteiger partial charge on any atom is 1.00 e. The molecular weight excluding hydrogens is 217 g/mol. The first-order valence-corrected chi connectivity index (χ1v) is 4.93. The van der Waals surface area contributed by atoms with E-state index in [2.05, 4.69) is 11.9 Å². The van der Waals surface area contributed by atoms with E-state index < -0.39 is 10.1 Å². The number of hydrogen-bond acceptors (Lipinski definition) is 3. The summed E-state index contributed by atoms with van der Waals surface area (Å²) < 4.78 is 27.6. The van der Waals surface area contributed by atoms with Crippen LogP contribution < -0.4 is 34.9 Å². The molecule has 1 amide bonds. The Morgan fingerprint density at radius 3 is 1.79 bits per heavy atom. The molecule has 78 valence electrons. The topological polar surface area (TPSA) is 93.4 Å². The van der Waals surface area contributed by atoms with E-state index in [0.717, 1.165) is 0 Å². The van der Waals surface area contributed by atoms with Crippen molar-refractivity contribution in [1.82, 2.24) is 5.32 Å². The van der Waals surface area contributed by atoms with Gasteiger partial charge in [-0.2, -0.15) is 8.42 Å². The Hall–Kier alpha value is 0.120. The first-order valence-electron chi connectivity index (χ1n) is 3.32. The van der Waals surface area contributed by atoms with Crippen molar-refractivity contribution in [3.63, 3.8) is 0 Å². The summed E-state index contributed by atoms with van der Waals surface area (Å²) in [5, 5.41) is 2.36. The van der Waals surface area contributed by atoms with Crippen LogP contribution in [0.5, 0.6) is 0 Å². The van der Waals surface area contributed by atoms with Crippen LogP contribution in [0.2, 0.25) is 0 Å². The molecule has 0 radical (unpaired) electrons. The Labute approximate surface area is 107 Å². The molecule has 0 aromatic carbocycles. The molecule has 0 saturated carbocycles. The predicted molar refractivity (Wildman–Crippen MR) is 50.4 cm³/mol. The third-order valence-electron chi connectivity index (χ3n) is 0.938. The summed E-state index contributed by atoms with van der Waals surface area (Å²) in [5.74, 6) is -0.155. The van der Waals surface area contributed by atoms with Crippen molar-refractivity contribution in [3.05, 3.63) is 19.7 Å². The van der Waals surface area contributed by atoms with Crippen LogP contribution in [0.4, 0.5) is 0 Å². The maximum absolute atomic E-state index is 9.79. The summed E-state index contributed by atoms with van der Waals surface area (Å²) in [6.45, 7) is 4.98. The Kier molecular flexibility index (Phi) is 11.8. The third kappa shape index (κ3) is 14.6. The zero-order chi connectivity index (χ0) is 9.78. The van der Waals surface area contributed by atoms with Crippen LogP contribution >= 0.6 is 0 Å². The third-order valence-corrected chi connectivity index (χ3v) is 1.86. The van der Waals surface area contributed by atoms with Crippen LogP contribution in [-0.2, 0) is 14.9 Å². The molecule has 1 aliphatic rings. The minimum Gasteiger partial charge on any atom is -0.358 e. The summed E-state index contributed by atoms with van der Waals surface area (Å²) in [7, 11) is -3.67. The number of carbonyl (C=O) groups is 1. The summed E-state index contributed by atoms with van der Waals surface area (Å²) in [6.07, 6.45) is 0.471. The van der Waals surface area contributed by atoms with Crippen molar-refractivity contribution in [1.29, 1.82) is 0 Å². The van der Waals surface area contributed by atoms with E-state index in [0.29, 0.717) is 12.1 Å². The molecule has 1 rings (SSSR count). The van der Waals surface area contributed by atoms with Crippen LogP contribution in [0.25, 0.3) is 0 Å². The van der Waals surface area contributed by atoms with Gasteiger partial charge in [-0.05, 0) is 6.42 Å². The van der Waals surface area contributed by atoms with Gasteiger partial charge in [0.05, 0.1) is 11.4 Å². The van der Waals surface area contributed by atoms with Gasteiger partial charge < -0.3 is 12.7 Å². The zero-order valence-corrected chi connectivity index (χ0v) is 11.5. The molecule has 0 aromatic heterocycles. The van der Waals surface area contributed by atoms with Crippen molar-refractivity contribution in [2.24, 2.45) is 0 Å². The molecule has 7 heteroatoms. The molecule has 14 heavy (non-hydrogen) atoms. The van der Waals surface area contributed by atoms with Gasteiger partial charge >= 0.3 is 29.6 Å². The molecule has 0 atom stereocenters. The second-order valence-electron chi connectivity index (χ2n) is 2.22. The fraction of sp³-hybridized carbons (Fsp3) is 0.429. The fourth-order valence-corrected chi connectivity index (χ4v) is 0.880. The van der Waals surface area contributed by atoms with Crippen molar-refractivity contribution in [3.8, 4) is 0 Å². The van der Waals surface area contributed by atoms with Gasteiger partial charge in [0.15, 0.2) is 0 Å². The van der Waals surface area contributed by atoms with E-state index in [1.54, 1.807) is 6.92 Å². The molecule has 1 aliphatic heterocycles. The first kappa shape index (κ1) is 19.7. The van der Waals surface area contributed by atoms with E-state index in [4.69, 9.17) is 4.55 Å². The smallest absolute Gasteiger partial charge is 0.358 e. The number of hydrogen-bond donors (Lipinski definition) is 2. The Bertz CT molecular complexity index is 274. The van der Waals surface area contributed by atoms with Gasteiger partial charge in [0.1, 0.15) is 0 Å². The van der Waals surface area contributed by atoms with Gasteiger partial charge in [-0.25, -0.2) is 0 Å². The molecule has 0 bridgehead atoms. The van der Waals surface area contributed by atoms with Crippen LogP contribution in [0.1, 0.15) is 13.3 Å². The van der Waals surface area contributed by atoms with E-state index >= 15 is 0 Å². The molecule has 2 N–H and O–H groups in total. The molecule has 0 unspecified atom stereocenters. The quantitative estimate of drug-likeness (QED) is 0.179. The van der Waals surface area contributed by atoms with Crippen molar-refractivity contribution in [2.75, 3.05) is 5.75 Å². The molecule has 5 nitrogen and oxygen atoms in total.